The van der Waals surface area contributed by atoms with E-state index in [-0.39, 0.29) is 5.41 Å². The first-order valence-electron chi connectivity index (χ1n) is 10.5. The Bertz CT molecular complexity index is 836. The molecule has 2 aromatic rings. The Labute approximate surface area is 179 Å². The highest BCUT2D eigenvalue weighted by Crippen LogP contribution is 2.23. The molecule has 1 heterocycles. The van der Waals surface area contributed by atoms with Gasteiger partial charge in [0.15, 0.2) is 11.8 Å². The fourth-order valence-electron chi connectivity index (χ4n) is 3.74. The van der Waals surface area contributed by atoms with Gasteiger partial charge in [0.2, 0.25) is 0 Å². The lowest BCUT2D eigenvalue weighted by Crippen LogP contribution is -2.46. The third kappa shape index (κ3) is 6.46. The van der Waals surface area contributed by atoms with E-state index in [1.807, 2.05) is 36.7 Å². The molecule has 0 aliphatic heterocycles. The lowest BCUT2D eigenvalue weighted by molar-refractivity contribution is 0.358. The molecule has 0 radical (unpaired) electrons. The van der Waals surface area contributed by atoms with E-state index in [0.717, 1.165) is 35.6 Å². The van der Waals surface area contributed by atoms with Crippen LogP contribution < -0.4 is 10.6 Å². The molecule has 0 bridgehead atoms. The third-order valence-electron chi connectivity index (χ3n) is 5.56. The quantitative estimate of drug-likeness (QED) is 0.528. The molecule has 7 heteroatoms. The maximum atomic E-state index is 6.15. The van der Waals surface area contributed by atoms with Gasteiger partial charge in [0, 0.05) is 24.7 Å². The molecule has 0 amide bonds. The van der Waals surface area contributed by atoms with Crippen molar-refractivity contribution in [3.05, 3.63) is 46.5 Å². The maximum Gasteiger partial charge on any atom is 0.191 e. The van der Waals surface area contributed by atoms with Crippen molar-refractivity contribution < 1.29 is 0 Å². The van der Waals surface area contributed by atoms with Crippen LogP contribution in [0.1, 0.15) is 56.7 Å². The summed E-state index contributed by atoms with van der Waals surface area (Å²) in [6.07, 6.45) is 5.92. The summed E-state index contributed by atoms with van der Waals surface area (Å²) in [5.74, 6) is 2.63. The molecular formula is C22H33ClN6. The van der Waals surface area contributed by atoms with Crippen LogP contribution in [0.2, 0.25) is 5.02 Å². The van der Waals surface area contributed by atoms with Crippen molar-refractivity contribution in [1.29, 1.82) is 0 Å². The number of nitrogens with zero attached hydrogens (tertiary/aromatic N) is 4. The van der Waals surface area contributed by atoms with E-state index in [0.29, 0.717) is 12.6 Å². The highest BCUT2D eigenvalue weighted by molar-refractivity contribution is 6.30. The summed E-state index contributed by atoms with van der Waals surface area (Å²) in [5, 5.41) is 16.3. The highest BCUT2D eigenvalue weighted by Gasteiger charge is 2.21. The number of benzene rings is 1. The van der Waals surface area contributed by atoms with Crippen molar-refractivity contribution >= 4 is 17.6 Å². The number of nitrogens with one attached hydrogen (secondary N) is 2. The van der Waals surface area contributed by atoms with Crippen molar-refractivity contribution in [3.8, 4) is 0 Å². The molecule has 0 unspecified atom stereocenters. The van der Waals surface area contributed by atoms with Gasteiger partial charge in [0.1, 0.15) is 12.4 Å². The predicted molar refractivity (Wildman–Crippen MR) is 119 cm³/mol. The minimum absolute atomic E-state index is 0.0597. The Kier molecular flexibility index (Phi) is 7.17. The van der Waals surface area contributed by atoms with Crippen LogP contribution in [0.25, 0.3) is 0 Å². The number of rotatable bonds is 7. The fourth-order valence-corrected chi connectivity index (χ4v) is 3.95. The molecule has 3 rings (SSSR count). The molecular weight excluding hydrogens is 384 g/mol. The van der Waals surface area contributed by atoms with Crippen molar-refractivity contribution in [2.24, 2.45) is 17.5 Å². The van der Waals surface area contributed by atoms with Gasteiger partial charge < -0.3 is 15.2 Å². The van der Waals surface area contributed by atoms with Crippen LogP contribution in [0.15, 0.2) is 29.3 Å². The van der Waals surface area contributed by atoms with Crippen LogP contribution in [-0.4, -0.2) is 33.3 Å². The summed E-state index contributed by atoms with van der Waals surface area (Å²) in [5.41, 5.74) is 1.31. The average molecular weight is 417 g/mol. The molecule has 2 N–H and O–H groups in total. The van der Waals surface area contributed by atoms with Crippen molar-refractivity contribution in [2.75, 3.05) is 6.54 Å². The van der Waals surface area contributed by atoms with Gasteiger partial charge in [-0.2, -0.15) is 0 Å². The summed E-state index contributed by atoms with van der Waals surface area (Å²) in [7, 11) is 1.98. The first-order valence-corrected chi connectivity index (χ1v) is 10.8. The number of guanidine groups is 1. The second-order valence-electron chi connectivity index (χ2n) is 8.84. The number of aromatic nitrogens is 3. The smallest absolute Gasteiger partial charge is 0.191 e. The summed E-state index contributed by atoms with van der Waals surface area (Å²) in [6, 6.07) is 8.61. The van der Waals surface area contributed by atoms with Crippen LogP contribution >= 0.6 is 11.6 Å². The van der Waals surface area contributed by atoms with Crippen LogP contribution in [0.3, 0.4) is 0 Å². The zero-order valence-electron chi connectivity index (χ0n) is 18.0. The molecule has 158 valence electrons. The van der Waals surface area contributed by atoms with E-state index in [9.17, 15) is 0 Å². The van der Waals surface area contributed by atoms with Crippen LogP contribution in [0.5, 0.6) is 0 Å². The predicted octanol–water partition coefficient (Wildman–Crippen LogP) is 4.02. The first kappa shape index (κ1) is 21.6. The number of aliphatic imine (C=N–C) groups is 1. The Morgan fingerprint density at radius 2 is 2.03 bits per heavy atom. The number of aryl methyl sites for hydroxylation is 1. The molecule has 1 fully saturated rings. The standard InChI is InChI=1S/C22H33ClN6/c1-16-27-28-20(29(16)4)14-24-21(26-19-10-5-6-11-19)25-15-22(2,3)13-17-8-7-9-18(23)12-17/h7-9,12,19H,5-6,10-11,13-15H2,1-4H3,(H2,24,25,26). The van der Waals surface area contributed by atoms with Crippen molar-refractivity contribution in [2.45, 2.75) is 65.5 Å². The molecule has 0 spiro atoms. The largest absolute Gasteiger partial charge is 0.356 e. The van der Waals surface area contributed by atoms with Gasteiger partial charge in [-0.15, -0.1) is 10.2 Å². The van der Waals surface area contributed by atoms with Crippen LogP contribution in [0.4, 0.5) is 0 Å². The van der Waals surface area contributed by atoms with Crippen LogP contribution in [0, 0.1) is 12.3 Å². The van der Waals surface area contributed by atoms with Gasteiger partial charge in [0.25, 0.3) is 0 Å². The molecule has 6 nitrogen and oxygen atoms in total. The van der Waals surface area contributed by atoms with Gasteiger partial charge in [-0.25, -0.2) is 4.99 Å². The summed E-state index contributed by atoms with van der Waals surface area (Å²) in [6.45, 7) is 7.80. The number of hydrogen-bond acceptors (Lipinski definition) is 3. The van der Waals surface area contributed by atoms with Gasteiger partial charge in [-0.05, 0) is 49.3 Å². The second kappa shape index (κ2) is 9.61. The average Bonchev–Trinajstić information content (AvgIpc) is 3.28. The number of hydrogen-bond donors (Lipinski definition) is 2. The zero-order valence-corrected chi connectivity index (χ0v) is 18.8. The molecule has 29 heavy (non-hydrogen) atoms. The minimum atomic E-state index is 0.0597. The van der Waals surface area contributed by atoms with Crippen LogP contribution in [-0.2, 0) is 20.0 Å². The van der Waals surface area contributed by atoms with Gasteiger partial charge in [0.05, 0.1) is 0 Å². The SMILES string of the molecule is Cc1nnc(CN=C(NCC(C)(C)Cc2cccc(Cl)c2)NC2CCCC2)n1C. The molecule has 1 aliphatic rings. The Balaban J connectivity index is 1.65. The molecule has 0 atom stereocenters. The molecule has 1 aromatic carbocycles. The highest BCUT2D eigenvalue weighted by atomic mass is 35.5. The lowest BCUT2D eigenvalue weighted by atomic mass is 9.86. The fraction of sp³-hybridized carbons (Fsp3) is 0.591. The van der Waals surface area contributed by atoms with Crippen molar-refractivity contribution in [1.82, 2.24) is 25.4 Å². The van der Waals surface area contributed by atoms with E-state index < -0.39 is 0 Å². The van der Waals surface area contributed by atoms with Gasteiger partial charge in [-0.1, -0.05) is 50.4 Å². The van der Waals surface area contributed by atoms with Crippen molar-refractivity contribution in [3.63, 3.8) is 0 Å². The van der Waals surface area contributed by atoms with E-state index >= 15 is 0 Å². The van der Waals surface area contributed by atoms with Gasteiger partial charge >= 0.3 is 0 Å². The maximum absolute atomic E-state index is 6.15. The number of halogens is 1. The lowest BCUT2D eigenvalue weighted by Gasteiger charge is -2.27. The second-order valence-corrected chi connectivity index (χ2v) is 9.27. The molecule has 1 aromatic heterocycles. The Hall–Kier alpha value is -2.08. The van der Waals surface area contributed by atoms with Gasteiger partial charge in [-0.3, -0.25) is 0 Å². The summed E-state index contributed by atoms with van der Waals surface area (Å²) < 4.78 is 1.99. The molecule has 1 aliphatic carbocycles. The molecule has 0 saturated heterocycles. The monoisotopic (exact) mass is 416 g/mol. The first-order chi connectivity index (χ1) is 13.8. The topological polar surface area (TPSA) is 67.1 Å². The summed E-state index contributed by atoms with van der Waals surface area (Å²) in [4.78, 5) is 4.81. The zero-order chi connectivity index (χ0) is 20.9. The van der Waals surface area contributed by atoms with E-state index in [1.54, 1.807) is 0 Å². The summed E-state index contributed by atoms with van der Waals surface area (Å²) >= 11 is 6.15. The Morgan fingerprint density at radius 3 is 2.69 bits per heavy atom. The Morgan fingerprint density at radius 1 is 1.28 bits per heavy atom. The normalized spacial score (nSPS) is 15.7. The van der Waals surface area contributed by atoms with E-state index in [4.69, 9.17) is 16.6 Å². The van der Waals surface area contributed by atoms with E-state index in [2.05, 4.69) is 40.7 Å². The van der Waals surface area contributed by atoms with E-state index in [1.165, 1.54) is 31.2 Å². The minimum Gasteiger partial charge on any atom is -0.356 e. The third-order valence-corrected chi connectivity index (χ3v) is 5.80. The molecule has 1 saturated carbocycles.